The summed E-state index contributed by atoms with van der Waals surface area (Å²) in [5.41, 5.74) is 3.46. The van der Waals surface area contributed by atoms with Gasteiger partial charge in [0.1, 0.15) is 5.75 Å². The average molecular weight is 378 g/mol. The lowest BCUT2D eigenvalue weighted by Crippen LogP contribution is -2.20. The third kappa shape index (κ3) is 4.80. The molecule has 2 N–H and O–H groups in total. The smallest absolute Gasteiger partial charge is 0.262 e. The zero-order valence-electron chi connectivity index (χ0n) is 16.5. The number of H-pyrrole nitrogens is 1. The van der Waals surface area contributed by atoms with Gasteiger partial charge in [0.15, 0.2) is 6.61 Å². The Morgan fingerprint density at radius 2 is 1.86 bits per heavy atom. The number of aromatic amines is 1. The molecule has 146 valence electrons. The highest BCUT2D eigenvalue weighted by molar-refractivity contribution is 5.94. The van der Waals surface area contributed by atoms with E-state index in [4.69, 9.17) is 4.74 Å². The van der Waals surface area contributed by atoms with Crippen LogP contribution >= 0.6 is 0 Å². The summed E-state index contributed by atoms with van der Waals surface area (Å²) in [6.07, 6.45) is 1.81. The van der Waals surface area contributed by atoms with E-state index in [1.807, 2.05) is 36.4 Å². The number of hydrogen-bond acceptors (Lipinski definition) is 3. The summed E-state index contributed by atoms with van der Waals surface area (Å²) in [4.78, 5) is 26.9. The van der Waals surface area contributed by atoms with Gasteiger partial charge in [0.2, 0.25) is 5.56 Å². The number of amides is 1. The molecule has 2 aromatic carbocycles. The fourth-order valence-electron chi connectivity index (χ4n) is 3.18. The molecule has 1 amide bonds. The van der Waals surface area contributed by atoms with E-state index in [2.05, 4.69) is 31.1 Å². The third-order valence-corrected chi connectivity index (χ3v) is 4.65. The van der Waals surface area contributed by atoms with Crippen LogP contribution in [-0.4, -0.2) is 17.5 Å². The van der Waals surface area contributed by atoms with Gasteiger partial charge in [-0.15, -0.1) is 0 Å². The highest BCUT2D eigenvalue weighted by atomic mass is 16.5. The molecule has 0 saturated heterocycles. The number of carbonyl (C=O) groups is 1. The van der Waals surface area contributed by atoms with Crippen molar-refractivity contribution in [3.05, 3.63) is 70.0 Å². The van der Waals surface area contributed by atoms with Crippen LogP contribution in [0.15, 0.2) is 53.3 Å². The summed E-state index contributed by atoms with van der Waals surface area (Å²) in [6, 6.07) is 15.0. The number of nitrogens with one attached hydrogen (secondary N) is 2. The van der Waals surface area contributed by atoms with Crippen molar-refractivity contribution in [1.82, 2.24) is 4.98 Å². The quantitative estimate of drug-likeness (QED) is 0.630. The van der Waals surface area contributed by atoms with Crippen LogP contribution in [0.4, 0.5) is 5.69 Å². The second-order valence-corrected chi connectivity index (χ2v) is 7.23. The molecule has 1 aromatic heterocycles. The Labute approximate surface area is 164 Å². The van der Waals surface area contributed by atoms with E-state index in [0.29, 0.717) is 17.4 Å². The van der Waals surface area contributed by atoms with Crippen LogP contribution in [0.2, 0.25) is 0 Å². The van der Waals surface area contributed by atoms with Gasteiger partial charge in [0.25, 0.3) is 5.91 Å². The van der Waals surface area contributed by atoms with Gasteiger partial charge in [0.05, 0.1) is 5.52 Å². The number of fused-ring (bicyclic) bond motifs is 1. The minimum atomic E-state index is -0.251. The van der Waals surface area contributed by atoms with Gasteiger partial charge in [-0.3, -0.25) is 9.59 Å². The molecule has 0 aliphatic heterocycles. The summed E-state index contributed by atoms with van der Waals surface area (Å²) in [7, 11) is 0. The number of hydrogen-bond donors (Lipinski definition) is 2. The molecule has 0 radical (unpaired) electrons. The molecule has 0 aliphatic rings. The predicted molar refractivity (Wildman–Crippen MR) is 113 cm³/mol. The van der Waals surface area contributed by atoms with Gasteiger partial charge in [-0.1, -0.05) is 45.4 Å². The van der Waals surface area contributed by atoms with Gasteiger partial charge < -0.3 is 15.0 Å². The van der Waals surface area contributed by atoms with Crippen LogP contribution < -0.4 is 15.6 Å². The summed E-state index contributed by atoms with van der Waals surface area (Å²) in [5.74, 6) is 0.862. The van der Waals surface area contributed by atoms with E-state index in [9.17, 15) is 9.59 Å². The number of pyridine rings is 1. The van der Waals surface area contributed by atoms with E-state index in [0.717, 1.165) is 29.3 Å². The lowest BCUT2D eigenvalue weighted by atomic mass is 10.0. The van der Waals surface area contributed by atoms with E-state index in [1.54, 1.807) is 12.1 Å². The van der Waals surface area contributed by atoms with Crippen molar-refractivity contribution in [2.75, 3.05) is 11.9 Å². The van der Waals surface area contributed by atoms with Crippen LogP contribution in [0.5, 0.6) is 5.75 Å². The Morgan fingerprint density at radius 3 is 2.54 bits per heavy atom. The molecular formula is C23H26N2O3. The van der Waals surface area contributed by atoms with Crippen LogP contribution in [0.3, 0.4) is 0 Å². The highest BCUT2D eigenvalue weighted by Gasteiger charge is 2.08. The number of aromatic nitrogens is 1. The molecule has 1 heterocycles. The molecule has 5 nitrogen and oxygen atoms in total. The first-order chi connectivity index (χ1) is 13.5. The van der Waals surface area contributed by atoms with Crippen LogP contribution in [0, 0.1) is 0 Å². The van der Waals surface area contributed by atoms with E-state index < -0.39 is 0 Å². The second-order valence-electron chi connectivity index (χ2n) is 7.23. The number of ether oxygens (including phenoxy) is 1. The molecule has 0 saturated carbocycles. The van der Waals surface area contributed by atoms with Crippen LogP contribution in [0.1, 0.15) is 44.2 Å². The molecule has 28 heavy (non-hydrogen) atoms. The fourth-order valence-corrected chi connectivity index (χ4v) is 3.18. The Hall–Kier alpha value is -3.08. The minimum Gasteiger partial charge on any atom is -0.484 e. The molecular weight excluding hydrogens is 352 g/mol. The number of benzene rings is 2. The van der Waals surface area contributed by atoms with E-state index in [-0.39, 0.29) is 18.1 Å². The van der Waals surface area contributed by atoms with E-state index >= 15 is 0 Å². The maximum absolute atomic E-state index is 12.2. The molecule has 0 atom stereocenters. The van der Waals surface area contributed by atoms with Crippen molar-refractivity contribution in [2.45, 2.75) is 39.5 Å². The fraction of sp³-hybridized carbons (Fsp3) is 0.304. The molecule has 0 spiro atoms. The molecule has 0 bridgehead atoms. The van der Waals surface area contributed by atoms with Gasteiger partial charge in [-0.05, 0) is 47.7 Å². The Morgan fingerprint density at radius 1 is 1.11 bits per heavy atom. The normalized spacial score (nSPS) is 11.0. The molecule has 0 unspecified atom stereocenters. The first kappa shape index (κ1) is 19.7. The maximum atomic E-state index is 12.2. The van der Waals surface area contributed by atoms with Gasteiger partial charge in [-0.2, -0.15) is 0 Å². The Kier molecular flexibility index (Phi) is 6.14. The van der Waals surface area contributed by atoms with Crippen molar-refractivity contribution < 1.29 is 9.53 Å². The molecule has 3 rings (SSSR count). The van der Waals surface area contributed by atoms with Gasteiger partial charge in [-0.25, -0.2) is 0 Å². The first-order valence-electron chi connectivity index (χ1n) is 9.65. The van der Waals surface area contributed by atoms with Crippen molar-refractivity contribution in [3.63, 3.8) is 0 Å². The average Bonchev–Trinajstić information content (AvgIpc) is 2.66. The molecule has 0 aliphatic carbocycles. The standard InChI is InChI=1S/C23H26N2O3/c1-4-5-17-12-22(26)25-21-13-18(8-11-20(17)21)24-23(27)14-28-19-9-6-16(7-10-19)15(2)3/h6-13,15H,4-5,14H2,1-3H3,(H,24,27)(H,25,26). The monoisotopic (exact) mass is 378 g/mol. The zero-order valence-corrected chi connectivity index (χ0v) is 16.5. The van der Waals surface area contributed by atoms with Crippen molar-refractivity contribution in [2.24, 2.45) is 0 Å². The lowest BCUT2D eigenvalue weighted by molar-refractivity contribution is -0.118. The maximum Gasteiger partial charge on any atom is 0.262 e. The number of anilines is 1. The van der Waals surface area contributed by atoms with Crippen molar-refractivity contribution >= 4 is 22.5 Å². The van der Waals surface area contributed by atoms with E-state index in [1.165, 1.54) is 5.56 Å². The highest BCUT2D eigenvalue weighted by Crippen LogP contribution is 2.21. The second kappa shape index (κ2) is 8.74. The van der Waals surface area contributed by atoms with Crippen molar-refractivity contribution in [1.29, 1.82) is 0 Å². The lowest BCUT2D eigenvalue weighted by Gasteiger charge is -2.11. The predicted octanol–water partition coefficient (Wildman–Crippen LogP) is 4.62. The number of carbonyl (C=O) groups excluding carboxylic acids is 1. The van der Waals surface area contributed by atoms with Gasteiger partial charge in [0, 0.05) is 17.1 Å². The number of aryl methyl sites for hydroxylation is 1. The molecule has 3 aromatic rings. The SMILES string of the molecule is CCCc1cc(=O)[nH]c2cc(NC(=O)COc3ccc(C(C)C)cc3)ccc12. The summed E-state index contributed by atoms with van der Waals surface area (Å²) < 4.78 is 5.56. The molecule has 0 fully saturated rings. The minimum absolute atomic E-state index is 0.0779. The summed E-state index contributed by atoms with van der Waals surface area (Å²) in [6.45, 7) is 6.26. The first-order valence-corrected chi connectivity index (χ1v) is 9.65. The topological polar surface area (TPSA) is 71.2 Å². The van der Waals surface area contributed by atoms with Crippen LogP contribution in [-0.2, 0) is 11.2 Å². The zero-order chi connectivity index (χ0) is 20.1. The van der Waals surface area contributed by atoms with Gasteiger partial charge >= 0.3 is 0 Å². The largest absolute Gasteiger partial charge is 0.484 e. The van der Waals surface area contributed by atoms with Crippen LogP contribution in [0.25, 0.3) is 10.9 Å². The third-order valence-electron chi connectivity index (χ3n) is 4.65. The summed E-state index contributed by atoms with van der Waals surface area (Å²) >= 11 is 0. The Bertz CT molecular complexity index is 1020. The van der Waals surface area contributed by atoms with Crippen molar-refractivity contribution in [3.8, 4) is 5.75 Å². The Balaban J connectivity index is 1.66. The number of rotatable bonds is 7. The summed E-state index contributed by atoms with van der Waals surface area (Å²) in [5, 5.41) is 3.82. The molecule has 5 heteroatoms.